The number of aliphatic hydroxyl groups excluding tert-OH is 1. The average molecular weight is 367 g/mol. The van der Waals surface area contributed by atoms with Crippen molar-refractivity contribution in [2.24, 2.45) is 13.0 Å². The molecule has 0 aliphatic heterocycles. The van der Waals surface area contributed by atoms with Crippen LogP contribution in [0.25, 0.3) is 0 Å². The highest BCUT2D eigenvalue weighted by Gasteiger charge is 2.37. The van der Waals surface area contributed by atoms with Crippen molar-refractivity contribution >= 4 is 21.8 Å². The highest BCUT2D eigenvalue weighted by atomic mass is 32.2. The van der Waals surface area contributed by atoms with E-state index in [-0.39, 0.29) is 23.0 Å². The second-order valence-electron chi connectivity index (χ2n) is 6.11. The van der Waals surface area contributed by atoms with Crippen molar-refractivity contribution in [1.82, 2.24) is 14.5 Å². The third kappa shape index (κ3) is 3.66. The third-order valence-corrected chi connectivity index (χ3v) is 6.56. The van der Waals surface area contributed by atoms with E-state index in [4.69, 9.17) is 0 Å². The Balaban J connectivity index is 1.85. The van der Waals surface area contributed by atoms with Gasteiger partial charge in [-0.1, -0.05) is 0 Å². The topological polar surface area (TPSA) is 84.2 Å². The molecule has 1 saturated carbocycles. The van der Waals surface area contributed by atoms with Gasteiger partial charge in [-0.15, -0.1) is 11.8 Å². The predicted molar refractivity (Wildman–Crippen MR) is 93.2 cm³/mol. The SMILES string of the molecule is CSc1ccc(S(=O)(=O)N[C@@H](c2cnn(C)c2)C2CC(O)C2)cc1. The van der Waals surface area contributed by atoms with Gasteiger partial charge in [0.15, 0.2) is 0 Å². The zero-order valence-electron chi connectivity index (χ0n) is 13.6. The Morgan fingerprint density at radius 1 is 1.33 bits per heavy atom. The molecule has 0 saturated heterocycles. The number of aliphatic hydroxyl groups is 1. The molecule has 2 aromatic rings. The number of rotatable bonds is 6. The zero-order chi connectivity index (χ0) is 17.3. The van der Waals surface area contributed by atoms with Crippen LogP contribution in [0.4, 0.5) is 0 Å². The molecule has 0 unspecified atom stereocenters. The van der Waals surface area contributed by atoms with Crippen LogP contribution >= 0.6 is 11.8 Å². The first-order valence-corrected chi connectivity index (χ1v) is 10.4. The minimum absolute atomic E-state index is 0.0736. The van der Waals surface area contributed by atoms with Crippen molar-refractivity contribution in [3.8, 4) is 0 Å². The van der Waals surface area contributed by atoms with Crippen LogP contribution in [0.5, 0.6) is 0 Å². The molecule has 0 spiro atoms. The fourth-order valence-corrected chi connectivity index (χ4v) is 4.63. The molecule has 1 aliphatic rings. The molecular weight excluding hydrogens is 346 g/mol. The number of aromatic nitrogens is 2. The number of nitrogens with zero attached hydrogens (tertiary/aromatic N) is 2. The minimum atomic E-state index is -3.64. The monoisotopic (exact) mass is 367 g/mol. The Hall–Kier alpha value is -1.35. The van der Waals surface area contributed by atoms with Crippen LogP contribution in [0.2, 0.25) is 0 Å². The van der Waals surface area contributed by atoms with E-state index in [1.165, 1.54) is 0 Å². The Bertz CT molecular complexity index is 796. The Kier molecular flexibility index (Phi) is 5.00. The van der Waals surface area contributed by atoms with E-state index >= 15 is 0 Å². The molecule has 0 amide bonds. The molecule has 1 aromatic heterocycles. The molecule has 0 bridgehead atoms. The van der Waals surface area contributed by atoms with Crippen molar-refractivity contribution in [3.05, 3.63) is 42.2 Å². The van der Waals surface area contributed by atoms with Crippen molar-refractivity contribution < 1.29 is 13.5 Å². The first-order valence-electron chi connectivity index (χ1n) is 7.72. The normalized spacial score (nSPS) is 22.1. The fraction of sp³-hybridized carbons (Fsp3) is 0.438. The van der Waals surface area contributed by atoms with Crippen LogP contribution in [0.1, 0.15) is 24.4 Å². The molecule has 2 N–H and O–H groups in total. The quantitative estimate of drug-likeness (QED) is 0.762. The van der Waals surface area contributed by atoms with E-state index in [0.29, 0.717) is 12.8 Å². The van der Waals surface area contributed by atoms with Crippen LogP contribution in [0.3, 0.4) is 0 Å². The lowest BCUT2D eigenvalue weighted by atomic mass is 9.76. The summed E-state index contributed by atoms with van der Waals surface area (Å²) in [4.78, 5) is 1.26. The van der Waals surface area contributed by atoms with E-state index in [1.54, 1.807) is 54.0 Å². The van der Waals surface area contributed by atoms with Gasteiger partial charge in [-0.25, -0.2) is 13.1 Å². The molecule has 130 valence electrons. The molecule has 0 radical (unpaired) electrons. The average Bonchev–Trinajstić information content (AvgIpc) is 2.96. The van der Waals surface area contributed by atoms with E-state index in [2.05, 4.69) is 9.82 Å². The van der Waals surface area contributed by atoms with Crippen LogP contribution in [-0.2, 0) is 17.1 Å². The lowest BCUT2D eigenvalue weighted by molar-refractivity contribution is 0.0280. The number of hydrogen-bond donors (Lipinski definition) is 2. The van der Waals surface area contributed by atoms with Gasteiger partial charge in [-0.05, 0) is 49.3 Å². The predicted octanol–water partition coefficient (Wildman–Crippen LogP) is 1.93. The number of hydrogen-bond acceptors (Lipinski definition) is 5. The van der Waals surface area contributed by atoms with Crippen LogP contribution in [-0.4, -0.2) is 35.7 Å². The molecule has 3 rings (SSSR count). The highest BCUT2D eigenvalue weighted by molar-refractivity contribution is 7.98. The summed E-state index contributed by atoms with van der Waals surface area (Å²) in [5.74, 6) is 0.0736. The van der Waals surface area contributed by atoms with Gasteiger partial charge < -0.3 is 5.11 Å². The number of sulfonamides is 1. The van der Waals surface area contributed by atoms with E-state index < -0.39 is 10.0 Å². The summed E-state index contributed by atoms with van der Waals surface area (Å²) in [6, 6.07) is 6.44. The summed E-state index contributed by atoms with van der Waals surface area (Å²) in [7, 11) is -1.84. The van der Waals surface area contributed by atoms with Gasteiger partial charge in [0, 0.05) is 23.7 Å². The second-order valence-corrected chi connectivity index (χ2v) is 8.70. The van der Waals surface area contributed by atoms with Gasteiger partial charge >= 0.3 is 0 Å². The smallest absolute Gasteiger partial charge is 0.241 e. The first-order chi connectivity index (χ1) is 11.4. The maximum atomic E-state index is 12.7. The Morgan fingerprint density at radius 2 is 2.00 bits per heavy atom. The number of thioether (sulfide) groups is 1. The van der Waals surface area contributed by atoms with Crippen LogP contribution in [0.15, 0.2) is 46.5 Å². The summed E-state index contributed by atoms with van der Waals surface area (Å²) < 4.78 is 29.9. The van der Waals surface area contributed by atoms with Crippen molar-refractivity contribution in [3.63, 3.8) is 0 Å². The van der Waals surface area contributed by atoms with Crippen molar-refractivity contribution in [2.45, 2.75) is 34.8 Å². The lowest BCUT2D eigenvalue weighted by Gasteiger charge is -2.37. The standard InChI is InChI=1S/C16H21N3O3S2/c1-19-10-12(9-17-19)16(11-7-13(20)8-11)18-24(21,22)15-5-3-14(23-2)4-6-15/h3-6,9-11,13,16,18,20H,7-8H2,1-2H3/t11?,13?,16-/m1/s1. The molecule has 1 atom stereocenters. The van der Waals surface area contributed by atoms with E-state index in [1.807, 2.05) is 12.5 Å². The summed E-state index contributed by atoms with van der Waals surface area (Å²) in [5, 5.41) is 13.7. The second kappa shape index (κ2) is 6.87. The summed E-state index contributed by atoms with van der Waals surface area (Å²) >= 11 is 1.57. The summed E-state index contributed by atoms with van der Waals surface area (Å²) in [5.41, 5.74) is 0.818. The van der Waals surface area contributed by atoms with Gasteiger partial charge in [0.2, 0.25) is 10.0 Å². The van der Waals surface area contributed by atoms with Gasteiger partial charge in [0.1, 0.15) is 0 Å². The number of benzene rings is 1. The van der Waals surface area contributed by atoms with Crippen LogP contribution < -0.4 is 4.72 Å². The largest absolute Gasteiger partial charge is 0.393 e. The molecule has 1 aromatic carbocycles. The van der Waals surface area contributed by atoms with Gasteiger partial charge in [0.25, 0.3) is 0 Å². The minimum Gasteiger partial charge on any atom is -0.393 e. The van der Waals surface area contributed by atoms with Gasteiger partial charge in [-0.2, -0.15) is 5.10 Å². The fourth-order valence-electron chi connectivity index (χ4n) is 2.93. The molecule has 6 nitrogen and oxygen atoms in total. The van der Waals surface area contributed by atoms with E-state index in [0.717, 1.165) is 10.5 Å². The number of nitrogens with one attached hydrogen (secondary N) is 1. The molecule has 1 aliphatic carbocycles. The maximum absolute atomic E-state index is 12.7. The lowest BCUT2D eigenvalue weighted by Crippen LogP contribution is -2.41. The highest BCUT2D eigenvalue weighted by Crippen LogP contribution is 2.38. The maximum Gasteiger partial charge on any atom is 0.241 e. The molecule has 24 heavy (non-hydrogen) atoms. The number of aryl methyl sites for hydroxylation is 1. The Labute approximate surface area is 146 Å². The van der Waals surface area contributed by atoms with Gasteiger partial charge in [-0.3, -0.25) is 4.68 Å². The van der Waals surface area contributed by atoms with Crippen molar-refractivity contribution in [1.29, 1.82) is 0 Å². The molecule has 8 heteroatoms. The molecule has 1 fully saturated rings. The summed E-state index contributed by atoms with van der Waals surface area (Å²) in [6.07, 6.45) is 6.27. The first kappa shape index (κ1) is 17.5. The zero-order valence-corrected chi connectivity index (χ0v) is 15.2. The molecular formula is C16H21N3O3S2. The van der Waals surface area contributed by atoms with E-state index in [9.17, 15) is 13.5 Å². The summed E-state index contributed by atoms with van der Waals surface area (Å²) in [6.45, 7) is 0. The Morgan fingerprint density at radius 3 is 2.50 bits per heavy atom. The molecule has 1 heterocycles. The third-order valence-electron chi connectivity index (χ3n) is 4.36. The van der Waals surface area contributed by atoms with Crippen LogP contribution in [0, 0.1) is 5.92 Å². The van der Waals surface area contributed by atoms with Gasteiger partial charge in [0.05, 0.1) is 23.2 Å². The van der Waals surface area contributed by atoms with Crippen molar-refractivity contribution in [2.75, 3.05) is 6.26 Å².